The lowest BCUT2D eigenvalue weighted by molar-refractivity contribution is 0.620. The van der Waals surface area contributed by atoms with Crippen LogP contribution in [-0.4, -0.2) is 12.0 Å². The Labute approximate surface area is 76.8 Å². The maximum Gasteiger partial charge on any atom is 0.295 e. The Bertz CT molecular complexity index is 406. The van der Waals surface area contributed by atoms with Gasteiger partial charge in [0, 0.05) is 7.05 Å². The molecular formula is C10H12N2O. The zero-order valence-corrected chi connectivity index (χ0v) is 8.01. The van der Waals surface area contributed by atoms with E-state index in [-0.39, 0.29) is 0 Å². The summed E-state index contributed by atoms with van der Waals surface area (Å²) < 4.78 is 5.43. The lowest BCUT2D eigenvalue weighted by Gasteiger charge is -1.96. The highest BCUT2D eigenvalue weighted by Crippen LogP contribution is 2.21. The molecule has 0 saturated heterocycles. The Morgan fingerprint density at radius 2 is 1.92 bits per heavy atom. The highest BCUT2D eigenvalue weighted by molar-refractivity contribution is 5.76. The number of hydrogen-bond donors (Lipinski definition) is 1. The van der Waals surface area contributed by atoms with Crippen molar-refractivity contribution in [2.45, 2.75) is 13.8 Å². The molecule has 3 nitrogen and oxygen atoms in total. The van der Waals surface area contributed by atoms with Crippen LogP contribution in [-0.2, 0) is 0 Å². The topological polar surface area (TPSA) is 38.1 Å². The van der Waals surface area contributed by atoms with E-state index in [0.29, 0.717) is 6.01 Å². The van der Waals surface area contributed by atoms with Crippen LogP contribution in [0.15, 0.2) is 16.5 Å². The molecular weight excluding hydrogens is 164 g/mol. The van der Waals surface area contributed by atoms with Crippen LogP contribution >= 0.6 is 0 Å². The summed E-state index contributed by atoms with van der Waals surface area (Å²) >= 11 is 0. The second-order valence-electron chi connectivity index (χ2n) is 3.17. The smallest absolute Gasteiger partial charge is 0.295 e. The fourth-order valence-corrected chi connectivity index (χ4v) is 1.29. The molecule has 0 aliphatic heterocycles. The molecule has 1 aromatic carbocycles. The lowest BCUT2D eigenvalue weighted by Crippen LogP contribution is -1.85. The SMILES string of the molecule is CNc1nc2cc(C)c(C)cc2o1. The number of hydrogen-bond acceptors (Lipinski definition) is 3. The van der Waals surface area contributed by atoms with Crippen LogP contribution in [0, 0.1) is 13.8 Å². The fraction of sp³-hybridized carbons (Fsp3) is 0.300. The molecule has 68 valence electrons. The first-order valence-corrected chi connectivity index (χ1v) is 4.26. The molecule has 0 unspecified atom stereocenters. The molecule has 0 aliphatic carbocycles. The summed E-state index contributed by atoms with van der Waals surface area (Å²) in [4.78, 5) is 4.26. The van der Waals surface area contributed by atoms with Gasteiger partial charge in [-0.25, -0.2) is 0 Å². The summed E-state index contributed by atoms with van der Waals surface area (Å²) in [6.07, 6.45) is 0. The van der Waals surface area contributed by atoms with Gasteiger partial charge < -0.3 is 9.73 Å². The van der Waals surface area contributed by atoms with Crippen LogP contribution in [0.1, 0.15) is 11.1 Å². The predicted molar refractivity (Wildman–Crippen MR) is 53.0 cm³/mol. The number of nitrogens with zero attached hydrogens (tertiary/aromatic N) is 1. The average molecular weight is 176 g/mol. The van der Waals surface area contributed by atoms with E-state index in [4.69, 9.17) is 4.42 Å². The molecule has 13 heavy (non-hydrogen) atoms. The number of anilines is 1. The fourth-order valence-electron chi connectivity index (χ4n) is 1.29. The summed E-state index contributed by atoms with van der Waals surface area (Å²) in [6.45, 7) is 4.14. The van der Waals surface area contributed by atoms with Crippen molar-refractivity contribution in [3.8, 4) is 0 Å². The van der Waals surface area contributed by atoms with Crippen LogP contribution < -0.4 is 5.32 Å². The molecule has 2 rings (SSSR count). The van der Waals surface area contributed by atoms with Crippen molar-refractivity contribution < 1.29 is 4.42 Å². The minimum atomic E-state index is 0.569. The molecule has 0 spiro atoms. The largest absolute Gasteiger partial charge is 0.424 e. The zero-order valence-electron chi connectivity index (χ0n) is 8.01. The van der Waals surface area contributed by atoms with Crippen LogP contribution in [0.2, 0.25) is 0 Å². The van der Waals surface area contributed by atoms with Gasteiger partial charge in [-0.2, -0.15) is 4.98 Å². The van der Waals surface area contributed by atoms with Gasteiger partial charge in [-0.1, -0.05) is 0 Å². The average Bonchev–Trinajstić information content (AvgIpc) is 2.48. The highest BCUT2D eigenvalue weighted by Gasteiger charge is 2.05. The van der Waals surface area contributed by atoms with Gasteiger partial charge in [0.15, 0.2) is 5.58 Å². The van der Waals surface area contributed by atoms with E-state index >= 15 is 0 Å². The Morgan fingerprint density at radius 3 is 2.62 bits per heavy atom. The maximum atomic E-state index is 5.43. The van der Waals surface area contributed by atoms with Gasteiger partial charge in [-0.15, -0.1) is 0 Å². The Balaban J connectivity index is 2.70. The third-order valence-electron chi connectivity index (χ3n) is 2.22. The van der Waals surface area contributed by atoms with E-state index in [1.54, 1.807) is 7.05 Å². The normalized spacial score (nSPS) is 10.7. The first-order valence-electron chi connectivity index (χ1n) is 4.26. The predicted octanol–water partition coefficient (Wildman–Crippen LogP) is 2.49. The first kappa shape index (κ1) is 8.10. The number of aromatic nitrogens is 1. The quantitative estimate of drug-likeness (QED) is 0.725. The molecule has 0 bridgehead atoms. The van der Waals surface area contributed by atoms with Crippen molar-refractivity contribution in [2.75, 3.05) is 12.4 Å². The van der Waals surface area contributed by atoms with Crippen molar-refractivity contribution in [1.82, 2.24) is 4.98 Å². The monoisotopic (exact) mass is 176 g/mol. The Hall–Kier alpha value is -1.51. The number of oxazole rings is 1. The number of nitrogens with one attached hydrogen (secondary N) is 1. The molecule has 0 saturated carbocycles. The lowest BCUT2D eigenvalue weighted by atomic mass is 10.1. The van der Waals surface area contributed by atoms with Crippen molar-refractivity contribution in [2.24, 2.45) is 0 Å². The van der Waals surface area contributed by atoms with Gasteiger partial charge in [-0.05, 0) is 37.1 Å². The summed E-state index contributed by atoms with van der Waals surface area (Å²) in [5.41, 5.74) is 4.22. The molecule has 0 atom stereocenters. The van der Waals surface area contributed by atoms with Gasteiger partial charge in [-0.3, -0.25) is 0 Å². The molecule has 3 heteroatoms. The van der Waals surface area contributed by atoms with Crippen LogP contribution in [0.4, 0.5) is 6.01 Å². The second-order valence-corrected chi connectivity index (χ2v) is 3.17. The zero-order chi connectivity index (χ0) is 9.42. The third-order valence-corrected chi connectivity index (χ3v) is 2.22. The molecule has 0 aliphatic rings. The number of aryl methyl sites for hydroxylation is 2. The van der Waals surface area contributed by atoms with Gasteiger partial charge >= 0.3 is 0 Å². The van der Waals surface area contributed by atoms with Gasteiger partial charge in [0.05, 0.1) is 0 Å². The number of benzene rings is 1. The summed E-state index contributed by atoms with van der Waals surface area (Å²) in [5, 5.41) is 2.88. The van der Waals surface area contributed by atoms with Gasteiger partial charge in [0.1, 0.15) is 5.52 Å². The van der Waals surface area contributed by atoms with E-state index in [0.717, 1.165) is 11.1 Å². The van der Waals surface area contributed by atoms with Crippen molar-refractivity contribution in [1.29, 1.82) is 0 Å². The number of rotatable bonds is 1. The minimum Gasteiger partial charge on any atom is -0.424 e. The second kappa shape index (κ2) is 2.76. The van der Waals surface area contributed by atoms with E-state index in [1.165, 1.54) is 11.1 Å². The summed E-state index contributed by atoms with van der Waals surface area (Å²) in [6, 6.07) is 4.62. The van der Waals surface area contributed by atoms with Gasteiger partial charge in [0.2, 0.25) is 0 Å². The molecule has 0 fully saturated rings. The van der Waals surface area contributed by atoms with E-state index < -0.39 is 0 Å². The summed E-state index contributed by atoms with van der Waals surface area (Å²) in [5.74, 6) is 0. The third kappa shape index (κ3) is 1.26. The van der Waals surface area contributed by atoms with E-state index in [2.05, 4.69) is 24.1 Å². The Kier molecular flexibility index (Phi) is 1.72. The van der Waals surface area contributed by atoms with Crippen LogP contribution in [0.3, 0.4) is 0 Å². The standard InChI is InChI=1S/C10H12N2O/c1-6-4-8-9(5-7(6)2)13-10(11-3)12-8/h4-5H,1-3H3,(H,11,12). The first-order chi connectivity index (χ1) is 6.20. The molecule has 1 aromatic heterocycles. The molecule has 2 aromatic rings. The highest BCUT2D eigenvalue weighted by atomic mass is 16.4. The van der Waals surface area contributed by atoms with Crippen LogP contribution in [0.5, 0.6) is 0 Å². The van der Waals surface area contributed by atoms with E-state index in [9.17, 15) is 0 Å². The molecule has 1 N–H and O–H groups in total. The van der Waals surface area contributed by atoms with Crippen molar-refractivity contribution in [3.05, 3.63) is 23.3 Å². The van der Waals surface area contributed by atoms with Gasteiger partial charge in [0.25, 0.3) is 6.01 Å². The summed E-state index contributed by atoms with van der Waals surface area (Å²) in [7, 11) is 1.80. The van der Waals surface area contributed by atoms with E-state index in [1.807, 2.05) is 12.1 Å². The Morgan fingerprint density at radius 1 is 1.23 bits per heavy atom. The van der Waals surface area contributed by atoms with Crippen LogP contribution in [0.25, 0.3) is 11.1 Å². The minimum absolute atomic E-state index is 0.569. The molecule has 0 radical (unpaired) electrons. The molecule has 0 amide bonds. The van der Waals surface area contributed by atoms with Crippen molar-refractivity contribution >= 4 is 17.1 Å². The van der Waals surface area contributed by atoms with Crippen molar-refractivity contribution in [3.63, 3.8) is 0 Å². The molecule has 1 heterocycles. The maximum absolute atomic E-state index is 5.43. The number of fused-ring (bicyclic) bond motifs is 1.